The lowest BCUT2D eigenvalue weighted by atomic mass is 10.1. The Morgan fingerprint density at radius 3 is 2.91 bits per heavy atom. The van der Waals surface area contributed by atoms with Crippen molar-refractivity contribution in [1.29, 1.82) is 0 Å². The van der Waals surface area contributed by atoms with Crippen molar-refractivity contribution in [2.75, 3.05) is 13.7 Å². The fourth-order valence-electron chi connectivity index (χ4n) is 3.11. The Bertz CT molecular complexity index is 540. The van der Waals surface area contributed by atoms with Crippen LogP contribution in [0.25, 0.3) is 0 Å². The Morgan fingerprint density at radius 2 is 2.14 bits per heavy atom. The number of nitrogens with zero attached hydrogens (tertiary/aromatic N) is 4. The topological polar surface area (TPSA) is 123 Å². The standard InChI is InChI=1S/C12H17N5O5/c1-19-12-21-7-5(2-18)20-11(8(7)22-12)17-4-16-6-9(13)14-3-15-10(6)17/h3-8,10-12,18H,2H2,1H3,(H2,13,14,15)/t5-,6+,7+,8-,10+,11-,12+/m0/s1. The maximum absolute atomic E-state index is 9.48. The summed E-state index contributed by atoms with van der Waals surface area (Å²) >= 11 is 0. The SMILES string of the molecule is CO[C@@H]1O[C@H]2[C@H](O1)[C@@H](N1C=N[C@@H]3C(N)=NC=N[C@@H]31)O[C@H]2CO. The fourth-order valence-corrected chi connectivity index (χ4v) is 3.11. The van der Waals surface area contributed by atoms with Crippen molar-refractivity contribution >= 4 is 18.5 Å². The van der Waals surface area contributed by atoms with E-state index in [2.05, 4.69) is 15.0 Å². The van der Waals surface area contributed by atoms with Crippen LogP contribution in [0.1, 0.15) is 0 Å². The largest absolute Gasteiger partial charge is 0.394 e. The van der Waals surface area contributed by atoms with Gasteiger partial charge in [-0.15, -0.1) is 0 Å². The summed E-state index contributed by atoms with van der Waals surface area (Å²) < 4.78 is 22.2. The van der Waals surface area contributed by atoms with Gasteiger partial charge in [-0.25, -0.2) is 9.98 Å². The number of hydrogen-bond donors (Lipinski definition) is 2. The molecule has 4 heterocycles. The van der Waals surface area contributed by atoms with Crippen molar-refractivity contribution in [3.8, 4) is 0 Å². The molecule has 3 N–H and O–H groups in total. The second-order valence-electron chi connectivity index (χ2n) is 5.36. The lowest BCUT2D eigenvalue weighted by Gasteiger charge is -2.32. The van der Waals surface area contributed by atoms with E-state index in [0.717, 1.165) is 0 Å². The first-order chi connectivity index (χ1) is 10.7. The molecule has 0 aromatic heterocycles. The van der Waals surface area contributed by atoms with E-state index in [0.29, 0.717) is 5.84 Å². The van der Waals surface area contributed by atoms with Gasteiger partial charge in [-0.3, -0.25) is 4.99 Å². The maximum atomic E-state index is 9.48. The Labute approximate surface area is 126 Å². The van der Waals surface area contributed by atoms with Gasteiger partial charge in [0.05, 0.1) is 12.9 Å². The second-order valence-corrected chi connectivity index (χ2v) is 5.36. The second kappa shape index (κ2) is 5.25. The van der Waals surface area contributed by atoms with Crippen LogP contribution in [0.5, 0.6) is 0 Å². The molecule has 2 saturated heterocycles. The van der Waals surface area contributed by atoms with E-state index in [4.69, 9.17) is 24.7 Å². The molecular weight excluding hydrogens is 294 g/mol. The molecule has 4 aliphatic rings. The minimum absolute atomic E-state index is 0.177. The van der Waals surface area contributed by atoms with Crippen molar-refractivity contribution in [3.05, 3.63) is 0 Å². The third-order valence-electron chi connectivity index (χ3n) is 4.17. The number of aliphatic hydroxyl groups is 1. The Morgan fingerprint density at radius 1 is 1.32 bits per heavy atom. The predicted molar refractivity (Wildman–Crippen MR) is 74.3 cm³/mol. The van der Waals surface area contributed by atoms with E-state index in [-0.39, 0.29) is 18.8 Å². The van der Waals surface area contributed by atoms with Crippen molar-refractivity contribution in [1.82, 2.24) is 4.90 Å². The van der Waals surface area contributed by atoms with Gasteiger partial charge in [-0.2, -0.15) is 0 Å². The molecule has 10 nitrogen and oxygen atoms in total. The molecule has 2 fully saturated rings. The van der Waals surface area contributed by atoms with Gasteiger partial charge in [-0.05, 0) is 0 Å². The van der Waals surface area contributed by atoms with Crippen molar-refractivity contribution in [3.63, 3.8) is 0 Å². The highest BCUT2D eigenvalue weighted by Gasteiger charge is 2.56. The van der Waals surface area contributed by atoms with Crippen LogP contribution >= 0.6 is 0 Å². The smallest absolute Gasteiger partial charge is 0.272 e. The number of aliphatic hydroxyl groups excluding tert-OH is 1. The molecule has 0 saturated carbocycles. The lowest BCUT2D eigenvalue weighted by Crippen LogP contribution is -2.51. The Hall–Kier alpha value is -1.59. The van der Waals surface area contributed by atoms with Crippen LogP contribution < -0.4 is 5.73 Å². The highest BCUT2D eigenvalue weighted by molar-refractivity contribution is 5.96. The highest BCUT2D eigenvalue weighted by Crippen LogP contribution is 2.37. The molecule has 4 aliphatic heterocycles. The van der Waals surface area contributed by atoms with Gasteiger partial charge in [-0.1, -0.05) is 0 Å². The van der Waals surface area contributed by atoms with Gasteiger partial charge in [0, 0.05) is 7.11 Å². The summed E-state index contributed by atoms with van der Waals surface area (Å²) in [5.74, 6) is 0.408. The molecule has 0 aliphatic carbocycles. The summed E-state index contributed by atoms with van der Waals surface area (Å²) in [5.41, 5.74) is 5.85. The minimum atomic E-state index is -0.771. The zero-order valence-electron chi connectivity index (χ0n) is 11.8. The summed E-state index contributed by atoms with van der Waals surface area (Å²) in [5, 5.41) is 9.48. The van der Waals surface area contributed by atoms with E-state index in [1.54, 1.807) is 6.34 Å². The summed E-state index contributed by atoms with van der Waals surface area (Å²) in [6, 6.07) is -0.333. The average molecular weight is 311 g/mol. The average Bonchev–Trinajstić information content (AvgIpc) is 3.19. The van der Waals surface area contributed by atoms with Crippen molar-refractivity contribution in [2.24, 2.45) is 20.7 Å². The highest BCUT2D eigenvalue weighted by atomic mass is 16.9. The summed E-state index contributed by atoms with van der Waals surface area (Å²) in [6.45, 7) is -0.948. The van der Waals surface area contributed by atoms with E-state index < -0.39 is 31.0 Å². The molecular formula is C12H17N5O5. The molecule has 10 heteroatoms. The first-order valence-electron chi connectivity index (χ1n) is 6.98. The molecule has 0 bridgehead atoms. The van der Waals surface area contributed by atoms with Gasteiger partial charge in [0.25, 0.3) is 6.48 Å². The minimum Gasteiger partial charge on any atom is -0.394 e. The Kier molecular flexibility index (Phi) is 3.35. The van der Waals surface area contributed by atoms with E-state index >= 15 is 0 Å². The quantitative estimate of drug-likeness (QED) is 0.609. The summed E-state index contributed by atoms with van der Waals surface area (Å²) in [4.78, 5) is 14.4. The first-order valence-corrected chi connectivity index (χ1v) is 6.98. The third kappa shape index (κ3) is 1.96. The molecule has 0 radical (unpaired) electrons. The summed E-state index contributed by atoms with van der Waals surface area (Å²) in [6.07, 6.45) is 0.897. The van der Waals surface area contributed by atoms with Gasteiger partial charge in [0.15, 0.2) is 12.4 Å². The van der Waals surface area contributed by atoms with Gasteiger partial charge < -0.3 is 34.7 Å². The third-order valence-corrected chi connectivity index (χ3v) is 4.17. The molecule has 4 rings (SSSR count). The number of aliphatic imine (C=N–C) groups is 3. The fraction of sp³-hybridized carbons (Fsp3) is 0.750. The number of ether oxygens (including phenoxy) is 4. The van der Waals surface area contributed by atoms with Crippen LogP contribution in [0.2, 0.25) is 0 Å². The zero-order chi connectivity index (χ0) is 15.3. The molecule has 0 aromatic carbocycles. The molecule has 120 valence electrons. The normalized spacial score (nSPS) is 46.0. The monoisotopic (exact) mass is 311 g/mol. The molecule has 7 atom stereocenters. The zero-order valence-corrected chi connectivity index (χ0v) is 11.8. The molecule has 22 heavy (non-hydrogen) atoms. The number of amidine groups is 1. The van der Waals surface area contributed by atoms with Crippen LogP contribution in [0.15, 0.2) is 15.0 Å². The number of fused-ring (bicyclic) bond motifs is 2. The lowest BCUT2D eigenvalue weighted by molar-refractivity contribution is -0.258. The van der Waals surface area contributed by atoms with Crippen LogP contribution in [-0.2, 0) is 18.9 Å². The molecule has 0 amide bonds. The number of methoxy groups -OCH3 is 1. The Balaban J connectivity index is 1.57. The van der Waals surface area contributed by atoms with Gasteiger partial charge >= 0.3 is 0 Å². The maximum Gasteiger partial charge on any atom is 0.272 e. The van der Waals surface area contributed by atoms with Gasteiger partial charge in [0.2, 0.25) is 0 Å². The number of rotatable bonds is 3. The van der Waals surface area contributed by atoms with Crippen LogP contribution in [0, 0.1) is 0 Å². The van der Waals surface area contributed by atoms with Gasteiger partial charge in [0.1, 0.15) is 36.5 Å². The van der Waals surface area contributed by atoms with E-state index in [1.807, 2.05) is 4.90 Å². The number of hydrogen-bond acceptors (Lipinski definition) is 10. The summed E-state index contributed by atoms with van der Waals surface area (Å²) in [7, 11) is 1.49. The van der Waals surface area contributed by atoms with E-state index in [9.17, 15) is 5.11 Å². The van der Waals surface area contributed by atoms with E-state index in [1.165, 1.54) is 13.4 Å². The van der Waals surface area contributed by atoms with Crippen molar-refractivity contribution in [2.45, 2.75) is 43.2 Å². The van der Waals surface area contributed by atoms with Crippen LogP contribution in [0.4, 0.5) is 0 Å². The van der Waals surface area contributed by atoms with Crippen LogP contribution in [0.3, 0.4) is 0 Å². The molecule has 0 unspecified atom stereocenters. The molecule has 0 spiro atoms. The predicted octanol–water partition coefficient (Wildman–Crippen LogP) is -2.14. The number of nitrogens with two attached hydrogens (primary N) is 1. The first kappa shape index (κ1) is 14.0. The molecule has 0 aromatic rings. The van der Waals surface area contributed by atoms with Crippen LogP contribution in [-0.4, -0.2) is 85.5 Å². The van der Waals surface area contributed by atoms with Crippen molar-refractivity contribution < 1.29 is 24.1 Å².